The summed E-state index contributed by atoms with van der Waals surface area (Å²) in [6.45, 7) is 2.83. The minimum atomic E-state index is -4.04. The third-order valence-corrected chi connectivity index (χ3v) is 7.16. The number of hydrogen-bond acceptors (Lipinski definition) is 7. The average Bonchev–Trinajstić information content (AvgIpc) is 3.16. The van der Waals surface area contributed by atoms with Gasteiger partial charge in [0.2, 0.25) is 10.0 Å². The predicted octanol–water partition coefficient (Wildman–Crippen LogP) is 1.62. The first-order chi connectivity index (χ1) is 15.1. The number of aliphatic hydroxyl groups excluding tert-OH is 1. The summed E-state index contributed by atoms with van der Waals surface area (Å²) in [7, 11) is -2.55. The monoisotopic (exact) mass is 462 g/mol. The van der Waals surface area contributed by atoms with Gasteiger partial charge in [0.1, 0.15) is 11.8 Å². The molecule has 1 heterocycles. The number of anilines is 1. The van der Waals surface area contributed by atoms with Crippen molar-refractivity contribution in [1.29, 1.82) is 0 Å². The number of methoxy groups -OCH3 is 1. The Hall–Kier alpha value is -2.95. The molecule has 10 heteroatoms. The number of aryl methyl sites for hydroxylation is 2. The SMILES string of the molecule is COc1cccc(NC(=O)COC(=O)[C@@H]2CC(O)CN2S(=O)(=O)c2ccc(C)c(C)c2)c1. The van der Waals surface area contributed by atoms with E-state index >= 15 is 0 Å². The highest BCUT2D eigenvalue weighted by atomic mass is 32.2. The number of hydrogen-bond donors (Lipinski definition) is 2. The van der Waals surface area contributed by atoms with E-state index in [0.29, 0.717) is 11.4 Å². The van der Waals surface area contributed by atoms with Crippen molar-refractivity contribution in [2.45, 2.75) is 37.3 Å². The number of esters is 1. The fourth-order valence-corrected chi connectivity index (χ4v) is 5.12. The maximum Gasteiger partial charge on any atom is 0.325 e. The molecule has 0 aliphatic carbocycles. The van der Waals surface area contributed by atoms with Gasteiger partial charge in [-0.2, -0.15) is 4.31 Å². The maximum atomic E-state index is 13.1. The van der Waals surface area contributed by atoms with Gasteiger partial charge in [-0.1, -0.05) is 12.1 Å². The number of amides is 1. The maximum absolute atomic E-state index is 13.1. The Morgan fingerprint density at radius 2 is 1.91 bits per heavy atom. The fraction of sp³-hybridized carbons (Fsp3) is 0.364. The molecular weight excluding hydrogens is 436 g/mol. The second-order valence-corrected chi connectivity index (χ2v) is 9.50. The number of benzene rings is 2. The molecule has 1 fully saturated rings. The summed E-state index contributed by atoms with van der Waals surface area (Å²) in [5, 5.41) is 12.6. The van der Waals surface area contributed by atoms with Crippen molar-refractivity contribution in [1.82, 2.24) is 4.31 Å². The van der Waals surface area contributed by atoms with E-state index in [2.05, 4.69) is 5.32 Å². The normalized spacial score (nSPS) is 18.9. The van der Waals surface area contributed by atoms with Gasteiger partial charge < -0.3 is 19.9 Å². The summed E-state index contributed by atoms with van der Waals surface area (Å²) in [5.41, 5.74) is 2.18. The van der Waals surface area contributed by atoms with Crippen molar-refractivity contribution >= 4 is 27.6 Å². The van der Waals surface area contributed by atoms with E-state index in [1.165, 1.54) is 19.2 Å². The Labute approximate surface area is 187 Å². The second-order valence-electron chi connectivity index (χ2n) is 7.61. The lowest BCUT2D eigenvalue weighted by Crippen LogP contribution is -2.42. The number of carbonyl (C=O) groups is 2. The minimum Gasteiger partial charge on any atom is -0.497 e. The molecule has 0 radical (unpaired) electrons. The van der Waals surface area contributed by atoms with Gasteiger partial charge in [-0.3, -0.25) is 9.59 Å². The summed E-state index contributed by atoms with van der Waals surface area (Å²) < 4.78 is 37.3. The smallest absolute Gasteiger partial charge is 0.325 e. The van der Waals surface area contributed by atoms with E-state index in [1.807, 2.05) is 6.92 Å². The predicted molar refractivity (Wildman–Crippen MR) is 117 cm³/mol. The quantitative estimate of drug-likeness (QED) is 0.600. The second kappa shape index (κ2) is 9.68. The van der Waals surface area contributed by atoms with Crippen LogP contribution in [0.3, 0.4) is 0 Å². The van der Waals surface area contributed by atoms with Crippen molar-refractivity contribution in [3.05, 3.63) is 53.6 Å². The van der Waals surface area contributed by atoms with Crippen molar-refractivity contribution < 1.29 is 32.6 Å². The van der Waals surface area contributed by atoms with Gasteiger partial charge in [-0.05, 0) is 49.2 Å². The summed E-state index contributed by atoms with van der Waals surface area (Å²) >= 11 is 0. The van der Waals surface area contributed by atoms with Crippen LogP contribution >= 0.6 is 0 Å². The Balaban J connectivity index is 1.68. The van der Waals surface area contributed by atoms with Crippen LogP contribution in [0, 0.1) is 13.8 Å². The lowest BCUT2D eigenvalue weighted by Gasteiger charge is -2.22. The zero-order chi connectivity index (χ0) is 23.5. The van der Waals surface area contributed by atoms with Gasteiger partial charge in [-0.15, -0.1) is 0 Å². The van der Waals surface area contributed by atoms with Crippen LogP contribution in [0.5, 0.6) is 5.75 Å². The highest BCUT2D eigenvalue weighted by Gasteiger charge is 2.44. The number of nitrogens with zero attached hydrogens (tertiary/aromatic N) is 1. The zero-order valence-electron chi connectivity index (χ0n) is 18.1. The van der Waals surface area contributed by atoms with Crippen LogP contribution in [0.15, 0.2) is 47.4 Å². The molecule has 172 valence electrons. The van der Waals surface area contributed by atoms with Crippen molar-refractivity contribution in [3.8, 4) is 5.75 Å². The van der Waals surface area contributed by atoms with Crippen LogP contribution in [-0.4, -0.2) is 62.1 Å². The minimum absolute atomic E-state index is 0.0308. The molecule has 0 aromatic heterocycles. The molecule has 1 aliphatic heterocycles. The fourth-order valence-electron chi connectivity index (χ4n) is 3.40. The Kier molecular flexibility index (Phi) is 7.17. The molecule has 2 aromatic carbocycles. The lowest BCUT2D eigenvalue weighted by molar-refractivity contribution is -0.150. The van der Waals surface area contributed by atoms with E-state index in [0.717, 1.165) is 15.4 Å². The highest BCUT2D eigenvalue weighted by molar-refractivity contribution is 7.89. The molecule has 1 unspecified atom stereocenters. The van der Waals surface area contributed by atoms with Crippen LogP contribution in [0.2, 0.25) is 0 Å². The van der Waals surface area contributed by atoms with Crippen LogP contribution in [0.25, 0.3) is 0 Å². The summed E-state index contributed by atoms with van der Waals surface area (Å²) in [4.78, 5) is 24.8. The summed E-state index contributed by atoms with van der Waals surface area (Å²) in [6.07, 6.45) is -1.13. The number of sulfonamides is 1. The molecule has 9 nitrogen and oxygen atoms in total. The Morgan fingerprint density at radius 1 is 1.16 bits per heavy atom. The summed E-state index contributed by atoms with van der Waals surface area (Å²) in [6, 6.07) is 10.1. The molecule has 1 aliphatic rings. The molecule has 2 atom stereocenters. The Bertz CT molecular complexity index is 1120. The molecule has 3 rings (SSSR count). The van der Waals surface area contributed by atoms with E-state index in [4.69, 9.17) is 9.47 Å². The van der Waals surface area contributed by atoms with Crippen LogP contribution in [0.4, 0.5) is 5.69 Å². The molecule has 2 aromatic rings. The van der Waals surface area contributed by atoms with Crippen LogP contribution in [-0.2, 0) is 24.3 Å². The number of nitrogens with one attached hydrogen (secondary N) is 1. The summed E-state index contributed by atoms with van der Waals surface area (Å²) in [5.74, 6) is -0.935. The van der Waals surface area contributed by atoms with E-state index in [9.17, 15) is 23.1 Å². The standard InChI is InChI=1S/C22H26N2O7S/c1-14-7-8-19(9-15(14)2)32(28,29)24-12-17(25)11-20(24)22(27)31-13-21(26)23-16-5-4-6-18(10-16)30-3/h4-10,17,20,25H,11-13H2,1-3H3,(H,23,26)/t17?,20-/m0/s1. The van der Waals surface area contributed by atoms with Crippen LogP contribution < -0.4 is 10.1 Å². The third kappa shape index (κ3) is 5.26. The lowest BCUT2D eigenvalue weighted by atomic mass is 10.1. The largest absolute Gasteiger partial charge is 0.497 e. The molecule has 0 spiro atoms. The van der Waals surface area contributed by atoms with E-state index in [1.54, 1.807) is 37.3 Å². The van der Waals surface area contributed by atoms with Gasteiger partial charge in [0.05, 0.1) is 18.1 Å². The first-order valence-corrected chi connectivity index (χ1v) is 11.4. The van der Waals surface area contributed by atoms with Gasteiger partial charge >= 0.3 is 5.97 Å². The number of aliphatic hydroxyl groups is 1. The van der Waals surface area contributed by atoms with Gasteiger partial charge in [0.15, 0.2) is 6.61 Å². The van der Waals surface area contributed by atoms with Crippen LogP contribution in [0.1, 0.15) is 17.5 Å². The number of carbonyl (C=O) groups excluding carboxylic acids is 2. The Morgan fingerprint density at radius 3 is 2.59 bits per heavy atom. The van der Waals surface area contributed by atoms with Gasteiger partial charge in [0, 0.05) is 24.7 Å². The first-order valence-electron chi connectivity index (χ1n) is 9.99. The topological polar surface area (TPSA) is 122 Å². The van der Waals surface area contributed by atoms with E-state index < -0.39 is 40.7 Å². The zero-order valence-corrected chi connectivity index (χ0v) is 18.9. The molecule has 1 saturated heterocycles. The molecular formula is C22H26N2O7S. The van der Waals surface area contributed by atoms with Gasteiger partial charge in [0.25, 0.3) is 5.91 Å². The van der Waals surface area contributed by atoms with Crippen molar-refractivity contribution in [3.63, 3.8) is 0 Å². The van der Waals surface area contributed by atoms with Crippen molar-refractivity contribution in [2.75, 3.05) is 25.6 Å². The number of β-amino-alcohol motifs (C(OH)–C–C–N with tert-alkyl or cyclic N) is 1. The number of ether oxygens (including phenoxy) is 2. The molecule has 0 saturated carbocycles. The molecule has 2 N–H and O–H groups in total. The highest BCUT2D eigenvalue weighted by Crippen LogP contribution is 2.28. The molecule has 0 bridgehead atoms. The van der Waals surface area contributed by atoms with Crippen molar-refractivity contribution in [2.24, 2.45) is 0 Å². The molecule has 1 amide bonds. The average molecular weight is 463 g/mol. The third-order valence-electron chi connectivity index (χ3n) is 5.29. The first kappa shape index (κ1) is 23.7. The van der Waals surface area contributed by atoms with Gasteiger partial charge in [-0.25, -0.2) is 8.42 Å². The number of rotatable bonds is 7. The van der Waals surface area contributed by atoms with E-state index in [-0.39, 0.29) is 17.9 Å². The molecule has 32 heavy (non-hydrogen) atoms.